The van der Waals surface area contributed by atoms with Crippen LogP contribution in [0.4, 0.5) is 0 Å². The molecule has 0 atom stereocenters. The zero-order valence-corrected chi connectivity index (χ0v) is 14.3. The highest BCUT2D eigenvalue weighted by Crippen LogP contribution is 2.40. The van der Waals surface area contributed by atoms with Crippen molar-refractivity contribution in [1.29, 1.82) is 0 Å². The Morgan fingerprint density at radius 1 is 1.10 bits per heavy atom. The van der Waals surface area contributed by atoms with Gasteiger partial charge in [-0.1, -0.05) is 41.7 Å². The van der Waals surface area contributed by atoms with Crippen LogP contribution >= 0.6 is 33.2 Å². The molecule has 0 saturated heterocycles. The van der Waals surface area contributed by atoms with E-state index >= 15 is 0 Å². The lowest BCUT2D eigenvalue weighted by Crippen LogP contribution is -2.06. The highest BCUT2D eigenvalue weighted by atomic mass is 35.5. The van der Waals surface area contributed by atoms with E-state index in [1.54, 1.807) is 10.8 Å². The lowest BCUT2D eigenvalue weighted by molar-refractivity contribution is 0.517. The van der Waals surface area contributed by atoms with Crippen LogP contribution in [0.15, 0.2) is 29.4 Å². The van der Waals surface area contributed by atoms with Gasteiger partial charge in [0, 0.05) is 22.9 Å². The van der Waals surface area contributed by atoms with E-state index in [0.717, 1.165) is 26.8 Å². The molecule has 3 nitrogen and oxygen atoms in total. The average Bonchev–Trinajstić information content (AvgIpc) is 2.88. The van der Waals surface area contributed by atoms with Crippen molar-refractivity contribution in [2.45, 2.75) is 42.5 Å². The van der Waals surface area contributed by atoms with Crippen LogP contribution in [0.2, 0.25) is 5.02 Å². The SMILES string of the molecule is Cn1c(SSC2CCCCC2)nnc1-c1ccc(Cl)cc1. The molecule has 1 aliphatic carbocycles. The summed E-state index contributed by atoms with van der Waals surface area (Å²) in [5.74, 6) is 0.887. The Labute approximate surface area is 138 Å². The van der Waals surface area contributed by atoms with Crippen molar-refractivity contribution in [1.82, 2.24) is 14.8 Å². The fourth-order valence-corrected chi connectivity index (χ4v) is 5.34. The molecule has 0 bridgehead atoms. The third-order valence-corrected chi connectivity index (χ3v) is 6.90. The van der Waals surface area contributed by atoms with Crippen molar-refractivity contribution in [2.24, 2.45) is 7.05 Å². The van der Waals surface area contributed by atoms with Gasteiger partial charge in [-0.3, -0.25) is 0 Å². The Morgan fingerprint density at radius 2 is 1.81 bits per heavy atom. The van der Waals surface area contributed by atoms with E-state index < -0.39 is 0 Å². The molecule has 1 aromatic heterocycles. The molecule has 0 unspecified atom stereocenters. The molecule has 2 aromatic rings. The summed E-state index contributed by atoms with van der Waals surface area (Å²) in [6.45, 7) is 0. The van der Waals surface area contributed by atoms with Crippen molar-refractivity contribution in [2.75, 3.05) is 0 Å². The first-order chi connectivity index (χ1) is 10.2. The molecule has 0 spiro atoms. The number of aromatic nitrogens is 3. The number of nitrogens with zero attached hydrogens (tertiary/aromatic N) is 3. The zero-order valence-electron chi connectivity index (χ0n) is 12.0. The van der Waals surface area contributed by atoms with Crippen LogP contribution in [-0.4, -0.2) is 20.0 Å². The summed E-state index contributed by atoms with van der Waals surface area (Å²) < 4.78 is 2.06. The second kappa shape index (κ2) is 7.07. The first-order valence-electron chi connectivity index (χ1n) is 7.22. The average molecular weight is 340 g/mol. The maximum absolute atomic E-state index is 5.93. The van der Waals surface area contributed by atoms with Crippen LogP contribution in [0.25, 0.3) is 11.4 Å². The first-order valence-corrected chi connectivity index (χ1v) is 9.82. The van der Waals surface area contributed by atoms with Gasteiger partial charge in [-0.2, -0.15) is 0 Å². The smallest absolute Gasteiger partial charge is 0.201 e. The molecule has 1 aliphatic rings. The Bertz CT molecular complexity index is 591. The predicted octanol–water partition coefficient (Wildman–Crippen LogP) is 5.21. The lowest BCUT2D eigenvalue weighted by Gasteiger charge is -2.19. The van der Waals surface area contributed by atoms with Gasteiger partial charge >= 0.3 is 0 Å². The summed E-state index contributed by atoms with van der Waals surface area (Å²) in [4.78, 5) is 0. The van der Waals surface area contributed by atoms with Gasteiger partial charge in [0.25, 0.3) is 0 Å². The Balaban J connectivity index is 1.68. The minimum absolute atomic E-state index is 0.739. The van der Waals surface area contributed by atoms with E-state index in [1.807, 2.05) is 42.1 Å². The Hall–Kier alpha value is -0.650. The molecule has 1 fully saturated rings. The minimum Gasteiger partial charge on any atom is -0.304 e. The lowest BCUT2D eigenvalue weighted by atomic mass is 10.0. The molecule has 0 aliphatic heterocycles. The summed E-state index contributed by atoms with van der Waals surface area (Å²) in [5, 5.41) is 11.1. The Kier molecular flexibility index (Phi) is 5.14. The third kappa shape index (κ3) is 3.76. The van der Waals surface area contributed by atoms with Gasteiger partial charge in [-0.05, 0) is 47.9 Å². The summed E-state index contributed by atoms with van der Waals surface area (Å²) in [7, 11) is 5.72. The third-order valence-electron chi connectivity index (χ3n) is 3.75. The fraction of sp³-hybridized carbons (Fsp3) is 0.467. The molecule has 0 N–H and O–H groups in total. The van der Waals surface area contributed by atoms with Crippen molar-refractivity contribution in [3.63, 3.8) is 0 Å². The quantitative estimate of drug-likeness (QED) is 0.715. The molecule has 1 heterocycles. The maximum atomic E-state index is 5.93. The Morgan fingerprint density at radius 3 is 2.52 bits per heavy atom. The van der Waals surface area contributed by atoms with E-state index in [2.05, 4.69) is 14.8 Å². The highest BCUT2D eigenvalue weighted by molar-refractivity contribution is 8.76. The first kappa shape index (κ1) is 15.3. The van der Waals surface area contributed by atoms with Gasteiger partial charge in [0.15, 0.2) is 5.82 Å². The standard InChI is InChI=1S/C15H18ClN3S2/c1-19-14(11-7-9-12(16)10-8-11)17-18-15(19)21-20-13-5-3-2-4-6-13/h7-10,13H,2-6H2,1H3. The van der Waals surface area contributed by atoms with Crippen LogP contribution in [0.3, 0.4) is 0 Å². The second-order valence-electron chi connectivity index (χ2n) is 5.31. The molecular weight excluding hydrogens is 322 g/mol. The van der Waals surface area contributed by atoms with Crippen LogP contribution in [0.1, 0.15) is 32.1 Å². The van der Waals surface area contributed by atoms with Gasteiger partial charge in [-0.25, -0.2) is 0 Å². The molecule has 0 amide bonds. The molecule has 1 aromatic carbocycles. The summed E-state index contributed by atoms with van der Waals surface area (Å²) in [6.07, 6.45) is 6.80. The molecule has 21 heavy (non-hydrogen) atoms. The van der Waals surface area contributed by atoms with Crippen molar-refractivity contribution >= 4 is 33.2 Å². The molecule has 0 radical (unpaired) electrons. The number of rotatable bonds is 4. The molecule has 3 rings (SSSR count). The van der Waals surface area contributed by atoms with Crippen LogP contribution in [0, 0.1) is 0 Å². The van der Waals surface area contributed by atoms with Crippen molar-refractivity contribution in [3.05, 3.63) is 29.3 Å². The van der Waals surface area contributed by atoms with Crippen LogP contribution in [-0.2, 0) is 7.05 Å². The van der Waals surface area contributed by atoms with E-state index in [9.17, 15) is 0 Å². The van der Waals surface area contributed by atoms with Gasteiger partial charge in [0.05, 0.1) is 0 Å². The fourth-order valence-electron chi connectivity index (χ4n) is 2.51. The van der Waals surface area contributed by atoms with Gasteiger partial charge in [0.2, 0.25) is 5.16 Å². The molecule has 1 saturated carbocycles. The van der Waals surface area contributed by atoms with E-state index in [4.69, 9.17) is 11.6 Å². The van der Waals surface area contributed by atoms with Crippen LogP contribution in [0.5, 0.6) is 0 Å². The molecule has 112 valence electrons. The van der Waals surface area contributed by atoms with E-state index in [0.29, 0.717) is 0 Å². The van der Waals surface area contributed by atoms with Crippen molar-refractivity contribution < 1.29 is 0 Å². The number of benzene rings is 1. The molecule has 6 heteroatoms. The number of halogens is 1. The predicted molar refractivity (Wildman–Crippen MR) is 91.8 cm³/mol. The van der Waals surface area contributed by atoms with Crippen molar-refractivity contribution in [3.8, 4) is 11.4 Å². The summed E-state index contributed by atoms with van der Waals surface area (Å²) >= 11 is 5.93. The van der Waals surface area contributed by atoms with Gasteiger partial charge < -0.3 is 4.57 Å². The number of hydrogen-bond acceptors (Lipinski definition) is 4. The maximum Gasteiger partial charge on any atom is 0.201 e. The monoisotopic (exact) mass is 339 g/mol. The minimum atomic E-state index is 0.739. The zero-order chi connectivity index (χ0) is 14.7. The topological polar surface area (TPSA) is 30.7 Å². The number of hydrogen-bond donors (Lipinski definition) is 0. The molecular formula is C15H18ClN3S2. The van der Waals surface area contributed by atoms with Crippen LogP contribution < -0.4 is 0 Å². The second-order valence-corrected chi connectivity index (χ2v) is 8.22. The summed E-state index contributed by atoms with van der Waals surface area (Å²) in [5.41, 5.74) is 1.05. The largest absolute Gasteiger partial charge is 0.304 e. The summed E-state index contributed by atoms with van der Waals surface area (Å²) in [6, 6.07) is 7.73. The highest BCUT2D eigenvalue weighted by Gasteiger charge is 2.17. The van der Waals surface area contributed by atoms with E-state index in [-0.39, 0.29) is 0 Å². The van der Waals surface area contributed by atoms with E-state index in [1.165, 1.54) is 32.1 Å². The normalized spacial score (nSPS) is 16.3. The van der Waals surface area contributed by atoms with Gasteiger partial charge in [0.1, 0.15) is 0 Å². The van der Waals surface area contributed by atoms with Gasteiger partial charge in [-0.15, -0.1) is 10.2 Å².